The fraction of sp³-hybridized carbons (Fsp3) is 0.286. The Morgan fingerprint density at radius 3 is 2.34 bits per heavy atom. The second-order valence-electron chi connectivity index (χ2n) is 9.02. The van der Waals surface area contributed by atoms with Crippen LogP contribution in [-0.4, -0.2) is 46.5 Å². The van der Waals surface area contributed by atoms with Gasteiger partial charge in [0.05, 0.1) is 12.0 Å². The Kier molecular flexibility index (Phi) is 8.33. The van der Waals surface area contributed by atoms with E-state index in [4.69, 9.17) is 9.47 Å². The molecule has 1 aliphatic rings. The number of ether oxygens (including phenoxy) is 2. The van der Waals surface area contributed by atoms with Crippen LogP contribution >= 0.6 is 0 Å². The Bertz CT molecular complexity index is 1410. The Hall–Kier alpha value is -3.89. The summed E-state index contributed by atoms with van der Waals surface area (Å²) in [6.07, 6.45) is 1.41. The highest BCUT2D eigenvalue weighted by atomic mass is 32.2. The van der Waals surface area contributed by atoms with Gasteiger partial charge in [0, 0.05) is 29.5 Å². The van der Waals surface area contributed by atoms with Crippen molar-refractivity contribution in [3.63, 3.8) is 0 Å². The zero-order valence-electron chi connectivity index (χ0n) is 21.6. The van der Waals surface area contributed by atoms with Crippen LogP contribution in [0.4, 0.5) is 11.4 Å². The monoisotopic (exact) mass is 537 g/mol. The predicted octanol–water partition coefficient (Wildman–Crippen LogP) is 3.99. The highest BCUT2D eigenvalue weighted by Gasteiger charge is 2.26. The van der Waals surface area contributed by atoms with Crippen molar-refractivity contribution in [3.8, 4) is 11.5 Å². The molecule has 3 aromatic carbocycles. The molecule has 0 saturated heterocycles. The molecule has 10 heteroatoms. The number of carbonyl (C=O) groups is 2. The molecule has 0 saturated carbocycles. The van der Waals surface area contributed by atoms with Crippen molar-refractivity contribution in [2.24, 2.45) is 0 Å². The van der Waals surface area contributed by atoms with E-state index in [1.165, 1.54) is 24.3 Å². The fourth-order valence-electron chi connectivity index (χ4n) is 4.03. The van der Waals surface area contributed by atoms with E-state index in [0.717, 1.165) is 17.7 Å². The lowest BCUT2D eigenvalue weighted by Gasteiger charge is -2.18. The molecular formula is C28H31N3O6S. The molecule has 1 heterocycles. The maximum atomic E-state index is 13.1. The van der Waals surface area contributed by atoms with Crippen molar-refractivity contribution in [1.82, 2.24) is 4.72 Å². The van der Waals surface area contributed by atoms with Crippen molar-refractivity contribution < 1.29 is 27.5 Å². The largest absolute Gasteiger partial charge is 0.497 e. The minimum atomic E-state index is -3.62. The van der Waals surface area contributed by atoms with Gasteiger partial charge in [0.1, 0.15) is 11.5 Å². The second-order valence-corrected chi connectivity index (χ2v) is 10.7. The van der Waals surface area contributed by atoms with E-state index in [-0.39, 0.29) is 29.4 Å². The van der Waals surface area contributed by atoms with Crippen LogP contribution in [0.2, 0.25) is 0 Å². The quantitative estimate of drug-likeness (QED) is 0.404. The summed E-state index contributed by atoms with van der Waals surface area (Å²) in [5.74, 6) is 0.539. The minimum Gasteiger partial charge on any atom is -0.497 e. The van der Waals surface area contributed by atoms with Gasteiger partial charge in [0.2, 0.25) is 10.0 Å². The third kappa shape index (κ3) is 6.32. The topological polar surface area (TPSA) is 114 Å². The molecule has 0 aliphatic carbocycles. The molecule has 2 N–H and O–H groups in total. The van der Waals surface area contributed by atoms with Crippen molar-refractivity contribution in [1.29, 1.82) is 0 Å². The molecule has 38 heavy (non-hydrogen) atoms. The summed E-state index contributed by atoms with van der Waals surface area (Å²) in [5.41, 5.74) is 2.88. The number of sulfonamides is 1. The van der Waals surface area contributed by atoms with E-state index in [9.17, 15) is 18.0 Å². The van der Waals surface area contributed by atoms with Crippen LogP contribution in [-0.2, 0) is 21.2 Å². The van der Waals surface area contributed by atoms with Gasteiger partial charge in [-0.2, -0.15) is 0 Å². The number of anilines is 2. The Morgan fingerprint density at radius 2 is 1.68 bits per heavy atom. The van der Waals surface area contributed by atoms with Crippen molar-refractivity contribution in [2.75, 3.05) is 30.5 Å². The zero-order chi connectivity index (χ0) is 27.3. The van der Waals surface area contributed by atoms with Gasteiger partial charge in [-0.15, -0.1) is 0 Å². The van der Waals surface area contributed by atoms with E-state index in [1.807, 2.05) is 13.0 Å². The first-order valence-corrected chi connectivity index (χ1v) is 13.8. The Morgan fingerprint density at radius 1 is 1.00 bits per heavy atom. The highest BCUT2D eigenvalue weighted by molar-refractivity contribution is 7.89. The highest BCUT2D eigenvalue weighted by Crippen LogP contribution is 2.32. The first-order chi connectivity index (χ1) is 18.2. The SMILES string of the molecule is CC[C@@H](C)NS(=O)(=O)c1ccc(OCC(=O)Nc2ccc3c(c2)N(C(=O)c2ccc(OC)cc2)CC3)cc1. The summed E-state index contributed by atoms with van der Waals surface area (Å²) < 4.78 is 38.1. The number of amides is 2. The molecule has 9 nitrogen and oxygen atoms in total. The summed E-state index contributed by atoms with van der Waals surface area (Å²) in [7, 11) is -2.04. The van der Waals surface area contributed by atoms with Crippen molar-refractivity contribution in [2.45, 2.75) is 37.6 Å². The summed E-state index contributed by atoms with van der Waals surface area (Å²) in [6, 6.07) is 18.2. The molecular weight excluding hydrogens is 506 g/mol. The third-order valence-corrected chi connectivity index (χ3v) is 7.92. The van der Waals surface area contributed by atoms with E-state index >= 15 is 0 Å². The molecule has 0 fully saturated rings. The molecule has 0 spiro atoms. The number of nitrogens with one attached hydrogen (secondary N) is 2. The van der Waals surface area contributed by atoms with Gasteiger partial charge in [-0.25, -0.2) is 13.1 Å². The molecule has 0 radical (unpaired) electrons. The van der Waals surface area contributed by atoms with Gasteiger partial charge in [0.25, 0.3) is 11.8 Å². The number of benzene rings is 3. The number of nitrogens with zero attached hydrogens (tertiary/aromatic N) is 1. The van der Waals surface area contributed by atoms with Crippen LogP contribution in [0, 0.1) is 0 Å². The van der Waals surface area contributed by atoms with Crippen LogP contribution in [0.25, 0.3) is 0 Å². The molecule has 200 valence electrons. The average Bonchev–Trinajstić information content (AvgIpc) is 3.34. The Balaban J connectivity index is 1.36. The second kappa shape index (κ2) is 11.7. The molecule has 1 atom stereocenters. The van der Waals surface area contributed by atoms with Crippen molar-refractivity contribution >= 4 is 33.2 Å². The molecule has 0 aromatic heterocycles. The molecule has 0 unspecified atom stereocenters. The van der Waals surface area contributed by atoms with Crippen LogP contribution in [0.15, 0.2) is 71.6 Å². The standard InChI is InChI=1S/C28H31N3O6S/c1-4-19(2)30-38(34,35)25-13-11-24(12-14-25)37-18-27(32)29-22-8-5-20-15-16-31(26(20)17-22)28(33)21-6-9-23(36-3)10-7-21/h5-14,17,19,30H,4,15-16,18H2,1-3H3,(H,29,32)/t19-/m1/s1. The van der Waals surface area contributed by atoms with E-state index in [0.29, 0.717) is 35.7 Å². The van der Waals surface area contributed by atoms with E-state index < -0.39 is 10.0 Å². The van der Waals surface area contributed by atoms with Crippen LogP contribution in [0.3, 0.4) is 0 Å². The molecule has 4 rings (SSSR count). The third-order valence-electron chi connectivity index (χ3n) is 6.32. The van der Waals surface area contributed by atoms with Gasteiger partial charge < -0.3 is 19.7 Å². The van der Waals surface area contributed by atoms with Gasteiger partial charge in [0.15, 0.2) is 6.61 Å². The van der Waals surface area contributed by atoms with Crippen LogP contribution in [0.5, 0.6) is 11.5 Å². The Labute approximate surface area is 222 Å². The maximum absolute atomic E-state index is 13.1. The average molecular weight is 538 g/mol. The number of carbonyl (C=O) groups excluding carboxylic acids is 2. The van der Waals surface area contributed by atoms with Gasteiger partial charge in [-0.3, -0.25) is 9.59 Å². The lowest BCUT2D eigenvalue weighted by Crippen LogP contribution is -2.31. The number of methoxy groups -OCH3 is 1. The fourth-order valence-corrected chi connectivity index (χ4v) is 5.36. The summed E-state index contributed by atoms with van der Waals surface area (Å²) in [4.78, 5) is 27.5. The van der Waals surface area contributed by atoms with E-state index in [2.05, 4.69) is 10.0 Å². The zero-order valence-corrected chi connectivity index (χ0v) is 22.4. The predicted molar refractivity (Wildman–Crippen MR) is 145 cm³/mol. The first kappa shape index (κ1) is 27.2. The summed E-state index contributed by atoms with van der Waals surface area (Å²) in [6.45, 7) is 3.99. The maximum Gasteiger partial charge on any atom is 0.262 e. The molecule has 3 aromatic rings. The first-order valence-electron chi connectivity index (χ1n) is 12.3. The lowest BCUT2D eigenvalue weighted by atomic mass is 10.1. The summed E-state index contributed by atoms with van der Waals surface area (Å²) >= 11 is 0. The number of hydrogen-bond donors (Lipinski definition) is 2. The smallest absolute Gasteiger partial charge is 0.262 e. The molecule has 1 aliphatic heterocycles. The van der Waals surface area contributed by atoms with Crippen molar-refractivity contribution in [3.05, 3.63) is 77.9 Å². The number of hydrogen-bond acceptors (Lipinski definition) is 6. The van der Waals surface area contributed by atoms with Crippen LogP contribution in [0.1, 0.15) is 36.2 Å². The molecule has 2 amide bonds. The van der Waals surface area contributed by atoms with Gasteiger partial charge >= 0.3 is 0 Å². The number of fused-ring (bicyclic) bond motifs is 1. The van der Waals surface area contributed by atoms with E-state index in [1.54, 1.807) is 55.3 Å². The van der Waals surface area contributed by atoms with Gasteiger partial charge in [-0.1, -0.05) is 13.0 Å². The number of rotatable bonds is 10. The summed E-state index contributed by atoms with van der Waals surface area (Å²) in [5, 5.41) is 2.80. The van der Waals surface area contributed by atoms with Crippen LogP contribution < -0.4 is 24.4 Å². The van der Waals surface area contributed by atoms with Gasteiger partial charge in [-0.05, 0) is 86.0 Å². The minimum absolute atomic E-state index is 0.122. The molecule has 0 bridgehead atoms. The normalized spacial score (nSPS) is 13.5. The lowest BCUT2D eigenvalue weighted by molar-refractivity contribution is -0.118.